The highest BCUT2D eigenvalue weighted by Crippen LogP contribution is 2.26. The Bertz CT molecular complexity index is 389. The molecule has 4 N–H and O–H groups in total. The van der Waals surface area contributed by atoms with Crippen molar-refractivity contribution in [3.63, 3.8) is 0 Å². The lowest BCUT2D eigenvalue weighted by atomic mass is 9.85. The van der Waals surface area contributed by atoms with Gasteiger partial charge in [0.15, 0.2) is 0 Å². The molecule has 1 aromatic carbocycles. The number of carbonyl (C=O) groups is 1. The van der Waals surface area contributed by atoms with Crippen LogP contribution in [0, 0.1) is 5.92 Å². The van der Waals surface area contributed by atoms with Crippen LogP contribution in [0.1, 0.15) is 23.5 Å². The molecule has 0 saturated carbocycles. The zero-order valence-electron chi connectivity index (χ0n) is 9.73. The van der Waals surface area contributed by atoms with E-state index in [4.69, 9.17) is 10.8 Å². The minimum absolute atomic E-state index is 0.275. The van der Waals surface area contributed by atoms with Gasteiger partial charge in [-0.3, -0.25) is 4.79 Å². The third-order valence-electron chi connectivity index (χ3n) is 3.39. The van der Waals surface area contributed by atoms with Gasteiger partial charge in [-0.15, -0.1) is 0 Å². The number of rotatable bonds is 3. The summed E-state index contributed by atoms with van der Waals surface area (Å²) in [5.74, 6) is -0.694. The first-order chi connectivity index (χ1) is 8.20. The molecular formula is C13H18N2O2. The lowest BCUT2D eigenvalue weighted by molar-refractivity contribution is -0.142. The Morgan fingerprint density at radius 2 is 2.06 bits per heavy atom. The SMILES string of the molecule is NCc1ccc(C2CNCC(C(=O)O)C2)cc1. The van der Waals surface area contributed by atoms with Crippen LogP contribution in [0.2, 0.25) is 0 Å². The van der Waals surface area contributed by atoms with E-state index in [1.807, 2.05) is 12.1 Å². The molecule has 1 aliphatic heterocycles. The fourth-order valence-corrected chi connectivity index (χ4v) is 2.31. The van der Waals surface area contributed by atoms with E-state index in [0.717, 1.165) is 12.1 Å². The maximum atomic E-state index is 11.0. The first-order valence-electron chi connectivity index (χ1n) is 5.93. The van der Waals surface area contributed by atoms with Gasteiger partial charge in [-0.2, -0.15) is 0 Å². The highest BCUT2D eigenvalue weighted by molar-refractivity contribution is 5.70. The minimum atomic E-state index is -0.708. The molecule has 92 valence electrons. The Kier molecular flexibility index (Phi) is 3.76. The predicted molar refractivity (Wildman–Crippen MR) is 65.7 cm³/mol. The lowest BCUT2D eigenvalue weighted by Gasteiger charge is -2.28. The Hall–Kier alpha value is -1.39. The van der Waals surface area contributed by atoms with Gasteiger partial charge < -0.3 is 16.2 Å². The predicted octanol–water partition coefficient (Wildman–Crippen LogP) is 0.923. The van der Waals surface area contributed by atoms with Crippen LogP contribution in [0.5, 0.6) is 0 Å². The first-order valence-corrected chi connectivity index (χ1v) is 5.93. The van der Waals surface area contributed by atoms with E-state index >= 15 is 0 Å². The molecule has 2 unspecified atom stereocenters. The number of carboxylic acids is 1. The quantitative estimate of drug-likeness (QED) is 0.727. The van der Waals surface area contributed by atoms with Crippen molar-refractivity contribution in [2.75, 3.05) is 13.1 Å². The maximum absolute atomic E-state index is 11.0. The average Bonchev–Trinajstić information content (AvgIpc) is 2.39. The number of piperidine rings is 1. The lowest BCUT2D eigenvalue weighted by Crippen LogP contribution is -2.38. The third kappa shape index (κ3) is 2.84. The molecule has 4 nitrogen and oxygen atoms in total. The molecule has 2 atom stereocenters. The van der Waals surface area contributed by atoms with Gasteiger partial charge in [0.1, 0.15) is 0 Å². The Balaban J connectivity index is 2.08. The van der Waals surface area contributed by atoms with E-state index in [9.17, 15) is 4.79 Å². The second-order valence-electron chi connectivity index (χ2n) is 4.57. The number of aliphatic carboxylic acids is 1. The van der Waals surface area contributed by atoms with Crippen molar-refractivity contribution in [2.24, 2.45) is 11.7 Å². The van der Waals surface area contributed by atoms with Gasteiger partial charge in [0.2, 0.25) is 0 Å². The van der Waals surface area contributed by atoms with Gasteiger partial charge in [0.25, 0.3) is 0 Å². The number of benzene rings is 1. The summed E-state index contributed by atoms with van der Waals surface area (Å²) in [5, 5.41) is 12.2. The van der Waals surface area contributed by atoms with Crippen LogP contribution in [0.15, 0.2) is 24.3 Å². The number of nitrogens with one attached hydrogen (secondary N) is 1. The van der Waals surface area contributed by atoms with Gasteiger partial charge >= 0.3 is 5.97 Å². The normalized spacial score (nSPS) is 24.5. The average molecular weight is 234 g/mol. The molecule has 1 aromatic rings. The number of hydrogen-bond donors (Lipinski definition) is 3. The molecule has 1 heterocycles. The van der Waals surface area contributed by atoms with Crippen LogP contribution < -0.4 is 11.1 Å². The Morgan fingerprint density at radius 1 is 1.35 bits per heavy atom. The Morgan fingerprint density at radius 3 is 2.65 bits per heavy atom. The summed E-state index contributed by atoms with van der Waals surface area (Å²) in [4.78, 5) is 11.0. The van der Waals surface area contributed by atoms with E-state index in [1.165, 1.54) is 5.56 Å². The molecule has 1 aliphatic rings. The van der Waals surface area contributed by atoms with Gasteiger partial charge in [-0.1, -0.05) is 24.3 Å². The van der Waals surface area contributed by atoms with Crippen LogP contribution >= 0.6 is 0 Å². The fourth-order valence-electron chi connectivity index (χ4n) is 2.31. The van der Waals surface area contributed by atoms with Crippen LogP contribution in [0.25, 0.3) is 0 Å². The number of nitrogens with two attached hydrogens (primary N) is 1. The molecular weight excluding hydrogens is 216 g/mol. The van der Waals surface area contributed by atoms with E-state index in [0.29, 0.717) is 19.5 Å². The summed E-state index contributed by atoms with van der Waals surface area (Å²) in [6.45, 7) is 1.97. The van der Waals surface area contributed by atoms with Crippen molar-refractivity contribution in [3.8, 4) is 0 Å². The molecule has 0 radical (unpaired) electrons. The summed E-state index contributed by atoms with van der Waals surface area (Å²) in [6.07, 6.45) is 0.713. The number of hydrogen-bond acceptors (Lipinski definition) is 3. The second-order valence-corrected chi connectivity index (χ2v) is 4.57. The minimum Gasteiger partial charge on any atom is -0.481 e. The smallest absolute Gasteiger partial charge is 0.307 e. The van der Waals surface area contributed by atoms with Gasteiger partial charge in [-0.25, -0.2) is 0 Å². The summed E-state index contributed by atoms with van der Waals surface area (Å²) < 4.78 is 0. The standard InChI is InChI=1S/C13H18N2O2/c14-6-9-1-3-10(4-2-9)11-5-12(13(16)17)8-15-7-11/h1-4,11-12,15H,5-8,14H2,(H,16,17). The van der Waals surface area contributed by atoms with Gasteiger partial charge in [-0.05, 0) is 23.5 Å². The van der Waals surface area contributed by atoms with Crippen molar-refractivity contribution in [1.82, 2.24) is 5.32 Å². The topological polar surface area (TPSA) is 75.3 Å². The zero-order valence-corrected chi connectivity index (χ0v) is 9.73. The third-order valence-corrected chi connectivity index (χ3v) is 3.39. The first kappa shape index (κ1) is 12.1. The molecule has 0 bridgehead atoms. The highest BCUT2D eigenvalue weighted by atomic mass is 16.4. The largest absolute Gasteiger partial charge is 0.481 e. The van der Waals surface area contributed by atoms with Gasteiger partial charge in [0.05, 0.1) is 5.92 Å². The van der Waals surface area contributed by atoms with Gasteiger partial charge in [0, 0.05) is 19.6 Å². The van der Waals surface area contributed by atoms with Crippen LogP contribution in [0.4, 0.5) is 0 Å². The second kappa shape index (κ2) is 5.29. The van der Waals surface area contributed by atoms with Crippen molar-refractivity contribution in [2.45, 2.75) is 18.9 Å². The fraction of sp³-hybridized carbons (Fsp3) is 0.462. The van der Waals surface area contributed by atoms with E-state index < -0.39 is 5.97 Å². The summed E-state index contributed by atoms with van der Waals surface area (Å²) in [7, 11) is 0. The molecule has 0 aromatic heterocycles. The molecule has 0 aliphatic carbocycles. The molecule has 1 saturated heterocycles. The van der Waals surface area contributed by atoms with E-state index in [-0.39, 0.29) is 11.8 Å². The monoisotopic (exact) mass is 234 g/mol. The summed E-state index contributed by atoms with van der Waals surface area (Å²) in [5.41, 5.74) is 7.85. The van der Waals surface area contributed by atoms with Crippen molar-refractivity contribution in [3.05, 3.63) is 35.4 Å². The molecule has 17 heavy (non-hydrogen) atoms. The van der Waals surface area contributed by atoms with Crippen molar-refractivity contribution < 1.29 is 9.90 Å². The molecule has 0 amide bonds. The van der Waals surface area contributed by atoms with Crippen molar-refractivity contribution >= 4 is 5.97 Å². The van der Waals surface area contributed by atoms with Crippen LogP contribution in [-0.4, -0.2) is 24.2 Å². The van der Waals surface area contributed by atoms with Crippen LogP contribution in [-0.2, 0) is 11.3 Å². The molecule has 0 spiro atoms. The van der Waals surface area contributed by atoms with E-state index in [2.05, 4.69) is 17.4 Å². The maximum Gasteiger partial charge on any atom is 0.307 e. The van der Waals surface area contributed by atoms with Crippen LogP contribution in [0.3, 0.4) is 0 Å². The molecule has 1 fully saturated rings. The van der Waals surface area contributed by atoms with E-state index in [1.54, 1.807) is 0 Å². The zero-order chi connectivity index (χ0) is 12.3. The van der Waals surface area contributed by atoms with Crippen molar-refractivity contribution in [1.29, 1.82) is 0 Å². The molecule has 2 rings (SSSR count). The highest BCUT2D eigenvalue weighted by Gasteiger charge is 2.27. The number of carboxylic acid groups (broad SMARTS) is 1. The summed E-state index contributed by atoms with van der Waals surface area (Å²) in [6, 6.07) is 8.14. The molecule has 4 heteroatoms. The summed E-state index contributed by atoms with van der Waals surface area (Å²) >= 11 is 0. The Labute approximate surface area is 101 Å².